The summed E-state index contributed by atoms with van der Waals surface area (Å²) in [5.41, 5.74) is 2.51. The molecule has 2 aromatic carbocycles. The number of H-pyrrole nitrogens is 1. The monoisotopic (exact) mass is 355 g/mol. The van der Waals surface area contributed by atoms with Gasteiger partial charge < -0.3 is 14.5 Å². The van der Waals surface area contributed by atoms with Gasteiger partial charge in [-0.05, 0) is 24.1 Å². The second-order valence-electron chi connectivity index (χ2n) is 5.73. The van der Waals surface area contributed by atoms with E-state index < -0.39 is 18.4 Å². The number of carbonyl (C=O) groups excluding carboxylic acids is 2. The highest BCUT2D eigenvalue weighted by atomic mass is 19.1. The van der Waals surface area contributed by atoms with Crippen molar-refractivity contribution in [3.8, 4) is 5.75 Å². The summed E-state index contributed by atoms with van der Waals surface area (Å²) in [5, 5.41) is 0.807. The van der Waals surface area contributed by atoms with Crippen LogP contribution in [-0.2, 0) is 16.0 Å². The van der Waals surface area contributed by atoms with Gasteiger partial charge in [0.15, 0.2) is 13.2 Å². The van der Waals surface area contributed by atoms with Crippen molar-refractivity contribution in [3.63, 3.8) is 0 Å². The van der Waals surface area contributed by atoms with E-state index in [0.717, 1.165) is 29.0 Å². The Morgan fingerprint density at radius 3 is 2.69 bits per heavy atom. The number of para-hydroxylation sites is 1. The summed E-state index contributed by atoms with van der Waals surface area (Å²) in [4.78, 5) is 27.2. The fraction of sp³-hybridized carbons (Fsp3) is 0.200. The van der Waals surface area contributed by atoms with Gasteiger partial charge in [-0.3, -0.25) is 4.79 Å². The number of halogens is 1. The molecular formula is C20H18FNO4. The minimum atomic E-state index is -0.698. The molecule has 6 heteroatoms. The van der Waals surface area contributed by atoms with Crippen molar-refractivity contribution < 1.29 is 23.5 Å². The molecule has 0 aliphatic carbocycles. The first-order chi connectivity index (χ1) is 12.6. The predicted molar refractivity (Wildman–Crippen MR) is 94.9 cm³/mol. The fourth-order valence-corrected chi connectivity index (χ4v) is 2.71. The van der Waals surface area contributed by atoms with Crippen molar-refractivity contribution in [2.45, 2.75) is 13.3 Å². The molecule has 3 rings (SSSR count). The van der Waals surface area contributed by atoms with Crippen LogP contribution in [0.15, 0.2) is 48.7 Å². The third kappa shape index (κ3) is 3.91. The van der Waals surface area contributed by atoms with Crippen molar-refractivity contribution in [2.75, 3.05) is 13.2 Å². The van der Waals surface area contributed by atoms with Gasteiger partial charge in [0, 0.05) is 28.7 Å². The summed E-state index contributed by atoms with van der Waals surface area (Å²) in [6.07, 6.45) is 2.47. The van der Waals surface area contributed by atoms with E-state index in [2.05, 4.69) is 4.98 Å². The van der Waals surface area contributed by atoms with Crippen LogP contribution in [0.4, 0.5) is 4.39 Å². The molecule has 0 radical (unpaired) electrons. The lowest BCUT2D eigenvalue weighted by Crippen LogP contribution is -2.19. The van der Waals surface area contributed by atoms with E-state index in [1.54, 1.807) is 6.20 Å². The second-order valence-corrected chi connectivity index (χ2v) is 5.73. The molecule has 0 amide bonds. The molecule has 0 fully saturated rings. The van der Waals surface area contributed by atoms with Gasteiger partial charge in [0.05, 0.1) is 0 Å². The van der Waals surface area contributed by atoms with Gasteiger partial charge in [0.1, 0.15) is 11.6 Å². The Morgan fingerprint density at radius 1 is 1.12 bits per heavy atom. The Kier molecular flexibility index (Phi) is 5.31. The SMILES string of the molecule is CCc1cccc2c(C(=O)COC(=O)COc3cccc(F)c3)c[nH]c12. The molecule has 0 bridgehead atoms. The predicted octanol–water partition coefficient (Wildman–Crippen LogP) is 3.67. The zero-order chi connectivity index (χ0) is 18.5. The molecule has 0 unspecified atom stereocenters. The van der Waals surface area contributed by atoms with Crippen LogP contribution in [0.5, 0.6) is 5.75 Å². The van der Waals surface area contributed by atoms with E-state index >= 15 is 0 Å². The Labute approximate surface area is 149 Å². The molecular weight excluding hydrogens is 337 g/mol. The van der Waals surface area contributed by atoms with Crippen LogP contribution in [-0.4, -0.2) is 30.0 Å². The van der Waals surface area contributed by atoms with Crippen LogP contribution in [0.2, 0.25) is 0 Å². The van der Waals surface area contributed by atoms with Gasteiger partial charge in [0.2, 0.25) is 5.78 Å². The van der Waals surface area contributed by atoms with Crippen molar-refractivity contribution >= 4 is 22.7 Å². The largest absolute Gasteiger partial charge is 0.482 e. The van der Waals surface area contributed by atoms with Gasteiger partial charge in [-0.25, -0.2) is 9.18 Å². The van der Waals surface area contributed by atoms with Gasteiger partial charge in [-0.1, -0.05) is 31.2 Å². The van der Waals surface area contributed by atoms with Crippen molar-refractivity contribution in [2.24, 2.45) is 0 Å². The smallest absolute Gasteiger partial charge is 0.344 e. The number of aryl methyl sites for hydroxylation is 1. The molecule has 1 aromatic heterocycles. The van der Waals surface area contributed by atoms with Gasteiger partial charge in [-0.2, -0.15) is 0 Å². The summed E-state index contributed by atoms with van der Waals surface area (Å²) >= 11 is 0. The van der Waals surface area contributed by atoms with E-state index in [1.165, 1.54) is 18.2 Å². The van der Waals surface area contributed by atoms with Gasteiger partial charge in [-0.15, -0.1) is 0 Å². The average Bonchev–Trinajstić information content (AvgIpc) is 3.08. The lowest BCUT2D eigenvalue weighted by molar-refractivity contribution is -0.144. The molecule has 26 heavy (non-hydrogen) atoms. The number of fused-ring (bicyclic) bond motifs is 1. The van der Waals surface area contributed by atoms with E-state index in [9.17, 15) is 14.0 Å². The van der Waals surface area contributed by atoms with E-state index in [1.807, 2.05) is 25.1 Å². The zero-order valence-electron chi connectivity index (χ0n) is 14.3. The normalized spacial score (nSPS) is 10.7. The number of esters is 1. The topological polar surface area (TPSA) is 68.4 Å². The number of hydrogen-bond donors (Lipinski definition) is 1. The number of ketones is 1. The summed E-state index contributed by atoms with van der Waals surface area (Å²) < 4.78 is 23.1. The highest BCUT2D eigenvalue weighted by Crippen LogP contribution is 2.22. The number of hydrogen-bond acceptors (Lipinski definition) is 4. The number of ether oxygens (including phenoxy) is 2. The van der Waals surface area contributed by atoms with Crippen molar-refractivity contribution in [1.82, 2.24) is 4.98 Å². The first kappa shape index (κ1) is 17.7. The number of carbonyl (C=O) groups is 2. The minimum absolute atomic E-state index is 0.219. The lowest BCUT2D eigenvalue weighted by atomic mass is 10.1. The van der Waals surface area contributed by atoms with Crippen molar-refractivity contribution in [1.29, 1.82) is 0 Å². The van der Waals surface area contributed by atoms with E-state index in [4.69, 9.17) is 9.47 Å². The summed E-state index contributed by atoms with van der Waals surface area (Å²) in [7, 11) is 0. The molecule has 3 aromatic rings. The number of aromatic amines is 1. The molecule has 1 heterocycles. The Balaban J connectivity index is 1.58. The summed E-state index contributed by atoms with van der Waals surface area (Å²) in [6, 6.07) is 11.2. The number of aromatic nitrogens is 1. The molecule has 0 saturated heterocycles. The highest BCUT2D eigenvalue weighted by Gasteiger charge is 2.15. The first-order valence-corrected chi connectivity index (χ1v) is 8.24. The first-order valence-electron chi connectivity index (χ1n) is 8.24. The molecule has 1 N–H and O–H groups in total. The Hall–Kier alpha value is -3.15. The second kappa shape index (κ2) is 7.82. The maximum atomic E-state index is 13.0. The van der Waals surface area contributed by atoms with Gasteiger partial charge >= 0.3 is 5.97 Å². The molecule has 5 nitrogen and oxygen atoms in total. The highest BCUT2D eigenvalue weighted by molar-refractivity contribution is 6.09. The van der Waals surface area contributed by atoms with E-state index in [-0.39, 0.29) is 18.1 Å². The van der Waals surface area contributed by atoms with Crippen LogP contribution in [0.1, 0.15) is 22.8 Å². The number of nitrogens with one attached hydrogen (secondary N) is 1. The van der Waals surface area contributed by atoms with Crippen LogP contribution < -0.4 is 4.74 Å². The molecule has 0 saturated carbocycles. The van der Waals surface area contributed by atoms with Crippen molar-refractivity contribution in [3.05, 3.63) is 65.6 Å². The molecule has 0 atom stereocenters. The van der Waals surface area contributed by atoms with Crippen LogP contribution in [0, 0.1) is 5.82 Å². The number of benzene rings is 2. The van der Waals surface area contributed by atoms with E-state index in [0.29, 0.717) is 5.56 Å². The average molecular weight is 355 g/mol. The molecule has 0 spiro atoms. The molecule has 134 valence electrons. The molecule has 0 aliphatic heterocycles. The Bertz CT molecular complexity index is 948. The number of Topliss-reactive ketones (excluding diaryl/α,β-unsaturated/α-hetero) is 1. The lowest BCUT2D eigenvalue weighted by Gasteiger charge is -2.06. The third-order valence-corrected chi connectivity index (χ3v) is 4.00. The Morgan fingerprint density at radius 2 is 1.92 bits per heavy atom. The summed E-state index contributed by atoms with van der Waals surface area (Å²) in [6.45, 7) is 1.26. The standard InChI is InChI=1S/C20H18FNO4/c1-2-13-5-3-8-16-17(10-22-20(13)16)18(23)11-26-19(24)12-25-15-7-4-6-14(21)9-15/h3-10,22H,2,11-12H2,1H3. The fourth-order valence-electron chi connectivity index (χ4n) is 2.71. The quantitative estimate of drug-likeness (QED) is 0.519. The maximum Gasteiger partial charge on any atom is 0.344 e. The van der Waals surface area contributed by atoms with Crippen LogP contribution >= 0.6 is 0 Å². The van der Waals surface area contributed by atoms with Crippen LogP contribution in [0.3, 0.4) is 0 Å². The zero-order valence-corrected chi connectivity index (χ0v) is 14.3. The number of rotatable bonds is 7. The molecule has 0 aliphatic rings. The maximum absolute atomic E-state index is 13.0. The minimum Gasteiger partial charge on any atom is -0.482 e. The van der Waals surface area contributed by atoms with Crippen LogP contribution in [0.25, 0.3) is 10.9 Å². The third-order valence-electron chi connectivity index (χ3n) is 4.00. The summed E-state index contributed by atoms with van der Waals surface area (Å²) in [5.74, 6) is -1.24. The van der Waals surface area contributed by atoms with Gasteiger partial charge in [0.25, 0.3) is 0 Å².